The van der Waals surface area contributed by atoms with E-state index in [1.807, 2.05) is 6.07 Å². The van der Waals surface area contributed by atoms with E-state index < -0.39 is 5.97 Å². The van der Waals surface area contributed by atoms with Gasteiger partial charge in [-0.25, -0.2) is 4.79 Å². The van der Waals surface area contributed by atoms with Gasteiger partial charge in [0, 0.05) is 6.04 Å². The van der Waals surface area contributed by atoms with E-state index in [4.69, 9.17) is 4.42 Å². The van der Waals surface area contributed by atoms with E-state index in [9.17, 15) is 4.79 Å². The van der Waals surface area contributed by atoms with E-state index >= 15 is 0 Å². The van der Waals surface area contributed by atoms with Crippen LogP contribution in [0, 0.1) is 5.92 Å². The molecule has 0 saturated carbocycles. The summed E-state index contributed by atoms with van der Waals surface area (Å²) in [5.74, 6) is 1.27. The second-order valence-corrected chi connectivity index (χ2v) is 5.51. The summed E-state index contributed by atoms with van der Waals surface area (Å²) in [6.45, 7) is 8.73. The molecular formula is C15H25NO3. The van der Waals surface area contributed by atoms with Crippen LogP contribution in [0.1, 0.15) is 56.5 Å². The molecule has 1 aromatic rings. The Morgan fingerprint density at radius 1 is 1.32 bits per heavy atom. The summed E-state index contributed by atoms with van der Waals surface area (Å²) in [7, 11) is 3.43. The van der Waals surface area contributed by atoms with E-state index in [1.165, 1.54) is 7.11 Å². The molecule has 19 heavy (non-hydrogen) atoms. The lowest BCUT2D eigenvalue weighted by atomic mass is 10.0. The maximum atomic E-state index is 11.4. The molecule has 0 N–H and O–H groups in total. The highest BCUT2D eigenvalue weighted by molar-refractivity contribution is 5.86. The van der Waals surface area contributed by atoms with Crippen molar-refractivity contribution in [3.63, 3.8) is 0 Å². The van der Waals surface area contributed by atoms with Crippen LogP contribution in [0.25, 0.3) is 0 Å². The SMILES string of the molecule is COC(=O)c1ccc(C(C)N(C)C(C)CC(C)C)o1. The van der Waals surface area contributed by atoms with E-state index in [0.29, 0.717) is 12.0 Å². The maximum Gasteiger partial charge on any atom is 0.373 e. The smallest absolute Gasteiger partial charge is 0.373 e. The Bertz CT molecular complexity index is 411. The van der Waals surface area contributed by atoms with Crippen molar-refractivity contribution in [2.45, 2.75) is 46.2 Å². The number of hydrogen-bond acceptors (Lipinski definition) is 4. The standard InChI is InChI=1S/C15H25NO3/c1-10(2)9-11(3)16(5)12(4)13-7-8-14(19-13)15(17)18-6/h7-8,10-12H,9H2,1-6H3. The molecule has 0 amide bonds. The molecule has 1 rings (SSSR count). The molecule has 0 fully saturated rings. The molecule has 0 bridgehead atoms. The third-order valence-electron chi connectivity index (χ3n) is 3.54. The first-order valence-electron chi connectivity index (χ1n) is 6.76. The molecule has 108 valence electrons. The minimum Gasteiger partial charge on any atom is -0.463 e. The van der Waals surface area contributed by atoms with Crippen molar-refractivity contribution in [3.05, 3.63) is 23.7 Å². The van der Waals surface area contributed by atoms with Crippen molar-refractivity contribution in [2.24, 2.45) is 5.92 Å². The molecule has 0 aliphatic heterocycles. The van der Waals surface area contributed by atoms with Crippen molar-refractivity contribution >= 4 is 5.97 Å². The molecule has 0 aliphatic carbocycles. The topological polar surface area (TPSA) is 42.7 Å². The van der Waals surface area contributed by atoms with Gasteiger partial charge in [0.1, 0.15) is 5.76 Å². The third kappa shape index (κ3) is 4.10. The molecule has 0 aromatic carbocycles. The number of ether oxygens (including phenoxy) is 1. The van der Waals surface area contributed by atoms with Gasteiger partial charge in [0.25, 0.3) is 0 Å². The summed E-state index contributed by atoms with van der Waals surface area (Å²) in [4.78, 5) is 13.6. The molecular weight excluding hydrogens is 242 g/mol. The first-order valence-corrected chi connectivity index (χ1v) is 6.76. The minimum atomic E-state index is -0.434. The highest BCUT2D eigenvalue weighted by atomic mass is 16.5. The van der Waals surface area contributed by atoms with Gasteiger partial charge in [-0.2, -0.15) is 0 Å². The zero-order valence-electron chi connectivity index (χ0n) is 12.8. The van der Waals surface area contributed by atoms with E-state index in [-0.39, 0.29) is 11.8 Å². The number of rotatable bonds is 6. The first-order chi connectivity index (χ1) is 8.86. The fourth-order valence-electron chi connectivity index (χ4n) is 2.22. The second kappa shape index (κ2) is 6.75. The molecule has 2 atom stereocenters. The van der Waals surface area contributed by atoms with E-state index in [0.717, 1.165) is 12.2 Å². The summed E-state index contributed by atoms with van der Waals surface area (Å²) >= 11 is 0. The molecule has 1 aromatic heterocycles. The third-order valence-corrected chi connectivity index (χ3v) is 3.54. The predicted octanol–water partition coefficient (Wildman–Crippen LogP) is 3.49. The minimum absolute atomic E-state index is 0.132. The Balaban J connectivity index is 2.73. The summed E-state index contributed by atoms with van der Waals surface area (Å²) in [6.07, 6.45) is 1.13. The number of nitrogens with zero attached hydrogens (tertiary/aromatic N) is 1. The van der Waals surface area contributed by atoms with Crippen molar-refractivity contribution < 1.29 is 13.9 Å². The summed E-state index contributed by atoms with van der Waals surface area (Å²) in [6, 6.07) is 4.10. The van der Waals surface area contributed by atoms with E-state index in [2.05, 4.69) is 44.4 Å². The Morgan fingerprint density at radius 2 is 1.95 bits per heavy atom. The van der Waals surface area contributed by atoms with Crippen molar-refractivity contribution in [1.29, 1.82) is 0 Å². The van der Waals surface area contributed by atoms with Crippen LogP contribution in [0.4, 0.5) is 0 Å². The van der Waals surface area contributed by atoms with Crippen molar-refractivity contribution in [1.82, 2.24) is 4.90 Å². The van der Waals surface area contributed by atoms with Gasteiger partial charge in [-0.3, -0.25) is 4.90 Å². The molecule has 0 aliphatic rings. The number of methoxy groups -OCH3 is 1. The normalized spacial score (nSPS) is 14.7. The summed E-state index contributed by atoms with van der Waals surface area (Å²) < 4.78 is 10.2. The van der Waals surface area contributed by atoms with Crippen molar-refractivity contribution in [2.75, 3.05) is 14.2 Å². The highest BCUT2D eigenvalue weighted by Gasteiger charge is 2.22. The molecule has 0 radical (unpaired) electrons. The second-order valence-electron chi connectivity index (χ2n) is 5.51. The molecule has 1 heterocycles. The zero-order valence-corrected chi connectivity index (χ0v) is 12.8. The molecule has 4 nitrogen and oxygen atoms in total. The van der Waals surface area contributed by atoms with Gasteiger partial charge in [0.15, 0.2) is 0 Å². The van der Waals surface area contributed by atoms with Gasteiger partial charge in [-0.1, -0.05) is 13.8 Å². The van der Waals surface area contributed by atoms with Gasteiger partial charge >= 0.3 is 5.97 Å². The van der Waals surface area contributed by atoms with Crippen LogP contribution in [0.2, 0.25) is 0 Å². The Hall–Kier alpha value is -1.29. The number of esters is 1. The quantitative estimate of drug-likeness (QED) is 0.740. The summed E-state index contributed by atoms with van der Waals surface area (Å²) in [5.41, 5.74) is 0. The predicted molar refractivity (Wildman–Crippen MR) is 75.1 cm³/mol. The zero-order chi connectivity index (χ0) is 14.6. The lowest BCUT2D eigenvalue weighted by molar-refractivity contribution is 0.0558. The Morgan fingerprint density at radius 3 is 2.47 bits per heavy atom. The molecule has 4 heteroatoms. The largest absolute Gasteiger partial charge is 0.463 e. The fraction of sp³-hybridized carbons (Fsp3) is 0.667. The Labute approximate surface area is 115 Å². The first kappa shape index (κ1) is 15.8. The van der Waals surface area contributed by atoms with Crippen LogP contribution in [0.3, 0.4) is 0 Å². The van der Waals surface area contributed by atoms with Gasteiger partial charge in [0.2, 0.25) is 5.76 Å². The molecule has 2 unspecified atom stereocenters. The number of carbonyl (C=O) groups is 1. The van der Waals surface area contributed by atoms with Crippen LogP contribution in [0.5, 0.6) is 0 Å². The summed E-state index contributed by atoms with van der Waals surface area (Å²) in [5, 5.41) is 0. The number of carbonyl (C=O) groups excluding carboxylic acids is 1. The van der Waals surface area contributed by atoms with Crippen LogP contribution >= 0.6 is 0 Å². The monoisotopic (exact) mass is 267 g/mol. The van der Waals surface area contributed by atoms with Gasteiger partial charge in [-0.05, 0) is 45.4 Å². The van der Waals surface area contributed by atoms with Crippen LogP contribution in [0.15, 0.2) is 16.5 Å². The number of furan rings is 1. The average molecular weight is 267 g/mol. The van der Waals surface area contributed by atoms with Gasteiger partial charge in [0.05, 0.1) is 13.2 Å². The van der Waals surface area contributed by atoms with Crippen molar-refractivity contribution in [3.8, 4) is 0 Å². The average Bonchev–Trinajstić information content (AvgIpc) is 2.84. The number of hydrogen-bond donors (Lipinski definition) is 0. The highest BCUT2D eigenvalue weighted by Crippen LogP contribution is 2.25. The van der Waals surface area contributed by atoms with Crippen LogP contribution in [-0.2, 0) is 4.74 Å². The van der Waals surface area contributed by atoms with Gasteiger partial charge < -0.3 is 9.15 Å². The maximum absolute atomic E-state index is 11.4. The Kier molecular flexibility index (Phi) is 5.60. The van der Waals surface area contributed by atoms with E-state index in [1.54, 1.807) is 6.07 Å². The lowest BCUT2D eigenvalue weighted by Crippen LogP contribution is -2.32. The van der Waals surface area contributed by atoms with Crippen LogP contribution < -0.4 is 0 Å². The van der Waals surface area contributed by atoms with Gasteiger partial charge in [-0.15, -0.1) is 0 Å². The molecule has 0 spiro atoms. The lowest BCUT2D eigenvalue weighted by Gasteiger charge is -2.30. The van der Waals surface area contributed by atoms with Crippen LogP contribution in [-0.4, -0.2) is 31.1 Å². The fourth-order valence-corrected chi connectivity index (χ4v) is 2.22. The molecule has 0 saturated heterocycles.